The van der Waals surface area contributed by atoms with Crippen LogP contribution in [-0.2, 0) is 14.6 Å². The molecule has 1 N–H and O–H groups in total. The Bertz CT molecular complexity index is 143. The van der Waals surface area contributed by atoms with Gasteiger partial charge in [0.05, 0.1) is 7.11 Å². The Kier molecular flexibility index (Phi) is 3.76. The quantitative estimate of drug-likeness (QED) is 0.562. The summed E-state index contributed by atoms with van der Waals surface area (Å²) in [6.45, 7) is 0. The average molecular weight is 154 g/mol. The molecule has 1 rings (SSSR count). The molecule has 0 aromatic carbocycles. The first kappa shape index (κ1) is 8.87. The van der Waals surface area contributed by atoms with Crippen molar-refractivity contribution in [3.05, 3.63) is 0 Å². The molecule has 0 spiro atoms. The van der Waals surface area contributed by atoms with Gasteiger partial charge in [0.1, 0.15) is 0 Å². The number of hydrogen-bond acceptors (Lipinski definition) is 3. The largest absolute Gasteiger partial charge is 0.397 e. The van der Waals surface area contributed by atoms with Gasteiger partial charge < -0.3 is 0 Å². The molecular formula is C4H10O4S. The topological polar surface area (TPSA) is 63.6 Å². The standard InChI is InChI=1S/C3H6.CH4O4S/c1-2-3-1;1-5-6(2,3)4/h1-3H2;1H3,(H,2,3,4). The molecule has 0 amide bonds. The van der Waals surface area contributed by atoms with Crippen molar-refractivity contribution in [2.45, 2.75) is 19.3 Å². The molecule has 0 radical (unpaired) electrons. The molecule has 0 bridgehead atoms. The lowest BCUT2D eigenvalue weighted by Gasteiger charge is -1.82. The summed E-state index contributed by atoms with van der Waals surface area (Å²) in [4.78, 5) is 0. The van der Waals surface area contributed by atoms with Crippen LogP contribution >= 0.6 is 0 Å². The van der Waals surface area contributed by atoms with Crippen LogP contribution in [0.15, 0.2) is 0 Å². The SMILES string of the molecule is C1CC1.COS(=O)(=O)O. The Hall–Kier alpha value is -0.130. The number of hydrogen-bond donors (Lipinski definition) is 1. The second-order valence-corrected chi connectivity index (χ2v) is 2.84. The summed E-state index contributed by atoms with van der Waals surface area (Å²) in [7, 11) is -3.29. The summed E-state index contributed by atoms with van der Waals surface area (Å²) in [5.74, 6) is 0. The maximum Gasteiger partial charge on any atom is 0.397 e. The lowest BCUT2D eigenvalue weighted by molar-refractivity contribution is 0.324. The maximum absolute atomic E-state index is 9.33. The first-order valence-electron chi connectivity index (χ1n) is 2.59. The molecule has 56 valence electrons. The molecule has 0 unspecified atom stereocenters. The number of rotatable bonds is 1. The third-order valence-electron chi connectivity index (χ3n) is 0.564. The van der Waals surface area contributed by atoms with Gasteiger partial charge in [0.2, 0.25) is 0 Å². The molecule has 4 nitrogen and oxygen atoms in total. The molecule has 1 aliphatic rings. The van der Waals surface area contributed by atoms with Crippen LogP contribution in [0.2, 0.25) is 0 Å². The minimum Gasteiger partial charge on any atom is -0.264 e. The van der Waals surface area contributed by atoms with Gasteiger partial charge in [-0.05, 0) is 0 Å². The van der Waals surface area contributed by atoms with Crippen LogP contribution in [-0.4, -0.2) is 20.1 Å². The molecule has 1 saturated carbocycles. The normalized spacial score (nSPS) is 15.8. The van der Waals surface area contributed by atoms with E-state index in [1.54, 1.807) is 0 Å². The molecule has 0 aromatic heterocycles. The van der Waals surface area contributed by atoms with E-state index in [1.807, 2.05) is 0 Å². The minimum absolute atomic E-state index is 0.870. The Morgan fingerprint density at radius 1 is 1.33 bits per heavy atom. The fourth-order valence-electron chi connectivity index (χ4n) is 0. The first-order chi connectivity index (χ1) is 4.06. The highest BCUT2D eigenvalue weighted by molar-refractivity contribution is 7.80. The second-order valence-electron chi connectivity index (χ2n) is 1.66. The van der Waals surface area contributed by atoms with Gasteiger partial charge in [0.15, 0.2) is 0 Å². The lowest BCUT2D eigenvalue weighted by Crippen LogP contribution is -1.96. The van der Waals surface area contributed by atoms with Crippen molar-refractivity contribution in [2.75, 3.05) is 7.11 Å². The molecular weight excluding hydrogens is 144 g/mol. The fraction of sp³-hybridized carbons (Fsp3) is 1.00. The van der Waals surface area contributed by atoms with Gasteiger partial charge in [-0.25, -0.2) is 0 Å². The lowest BCUT2D eigenvalue weighted by atomic mass is 11.0. The van der Waals surface area contributed by atoms with E-state index in [-0.39, 0.29) is 0 Å². The van der Waals surface area contributed by atoms with E-state index in [1.165, 1.54) is 19.3 Å². The van der Waals surface area contributed by atoms with Crippen LogP contribution in [0.25, 0.3) is 0 Å². The van der Waals surface area contributed by atoms with E-state index in [0.717, 1.165) is 7.11 Å². The monoisotopic (exact) mass is 154 g/mol. The molecule has 0 aromatic rings. The van der Waals surface area contributed by atoms with E-state index in [9.17, 15) is 8.42 Å². The molecule has 5 heteroatoms. The Morgan fingerprint density at radius 2 is 1.56 bits per heavy atom. The summed E-state index contributed by atoms with van der Waals surface area (Å²) >= 11 is 0. The summed E-state index contributed by atoms with van der Waals surface area (Å²) in [5.41, 5.74) is 0. The zero-order chi connectivity index (χ0) is 7.33. The van der Waals surface area contributed by atoms with E-state index >= 15 is 0 Å². The van der Waals surface area contributed by atoms with Crippen LogP contribution in [0, 0.1) is 0 Å². The third-order valence-corrected chi connectivity index (χ3v) is 0.985. The van der Waals surface area contributed by atoms with E-state index in [2.05, 4.69) is 4.18 Å². The summed E-state index contributed by atoms with van der Waals surface area (Å²) < 4.78 is 29.7. The fourth-order valence-corrected chi connectivity index (χ4v) is 0. The Balaban J connectivity index is 0.000000173. The third kappa shape index (κ3) is 18.1. The van der Waals surface area contributed by atoms with Gasteiger partial charge in [0.25, 0.3) is 0 Å². The smallest absolute Gasteiger partial charge is 0.264 e. The zero-order valence-electron chi connectivity index (χ0n) is 5.20. The first-order valence-corrected chi connectivity index (χ1v) is 3.96. The van der Waals surface area contributed by atoms with Crippen molar-refractivity contribution in [1.29, 1.82) is 0 Å². The zero-order valence-corrected chi connectivity index (χ0v) is 6.02. The van der Waals surface area contributed by atoms with Gasteiger partial charge in [-0.1, -0.05) is 19.3 Å². The minimum atomic E-state index is -4.16. The van der Waals surface area contributed by atoms with E-state index in [0.29, 0.717) is 0 Å². The molecule has 1 fully saturated rings. The van der Waals surface area contributed by atoms with Gasteiger partial charge in [-0.15, -0.1) is 0 Å². The summed E-state index contributed by atoms with van der Waals surface area (Å²) in [5, 5.41) is 0. The molecule has 1 aliphatic carbocycles. The van der Waals surface area contributed by atoms with Gasteiger partial charge >= 0.3 is 10.4 Å². The van der Waals surface area contributed by atoms with Crippen molar-refractivity contribution in [3.63, 3.8) is 0 Å². The predicted molar refractivity (Wildman–Crippen MR) is 32.4 cm³/mol. The Labute approximate surface area is 54.8 Å². The second kappa shape index (κ2) is 3.81. The van der Waals surface area contributed by atoms with Crippen LogP contribution < -0.4 is 0 Å². The van der Waals surface area contributed by atoms with Gasteiger partial charge in [-0.3, -0.25) is 8.74 Å². The molecule has 0 atom stereocenters. The van der Waals surface area contributed by atoms with Crippen molar-refractivity contribution in [2.24, 2.45) is 0 Å². The van der Waals surface area contributed by atoms with Crippen LogP contribution in [0.3, 0.4) is 0 Å². The highest BCUT2D eigenvalue weighted by Crippen LogP contribution is 2.14. The predicted octanol–water partition coefficient (Wildman–Crippen LogP) is 0.606. The van der Waals surface area contributed by atoms with Crippen molar-refractivity contribution < 1.29 is 17.2 Å². The maximum atomic E-state index is 9.33. The Morgan fingerprint density at radius 3 is 1.56 bits per heavy atom. The molecule has 9 heavy (non-hydrogen) atoms. The molecule has 0 saturated heterocycles. The highest BCUT2D eigenvalue weighted by Gasteiger charge is 1.95. The molecule has 0 aliphatic heterocycles. The van der Waals surface area contributed by atoms with Gasteiger partial charge in [0, 0.05) is 0 Å². The van der Waals surface area contributed by atoms with Crippen LogP contribution in [0.1, 0.15) is 19.3 Å². The highest BCUT2D eigenvalue weighted by atomic mass is 32.3. The van der Waals surface area contributed by atoms with Crippen LogP contribution in [0.4, 0.5) is 0 Å². The summed E-state index contributed by atoms with van der Waals surface area (Å²) in [6, 6.07) is 0. The van der Waals surface area contributed by atoms with Crippen molar-refractivity contribution >= 4 is 10.4 Å². The van der Waals surface area contributed by atoms with Crippen molar-refractivity contribution in [3.8, 4) is 0 Å². The van der Waals surface area contributed by atoms with Crippen molar-refractivity contribution in [1.82, 2.24) is 0 Å². The van der Waals surface area contributed by atoms with Crippen LogP contribution in [0.5, 0.6) is 0 Å². The molecule has 0 heterocycles. The van der Waals surface area contributed by atoms with E-state index in [4.69, 9.17) is 4.55 Å². The van der Waals surface area contributed by atoms with E-state index < -0.39 is 10.4 Å². The summed E-state index contributed by atoms with van der Waals surface area (Å²) in [6.07, 6.45) is 4.50. The van der Waals surface area contributed by atoms with Gasteiger partial charge in [-0.2, -0.15) is 8.42 Å². The average Bonchev–Trinajstić information content (AvgIpc) is 2.45.